The summed E-state index contributed by atoms with van der Waals surface area (Å²) in [5.41, 5.74) is 10.4. The van der Waals surface area contributed by atoms with Gasteiger partial charge in [-0.05, 0) is 33.0 Å². The second-order valence-corrected chi connectivity index (χ2v) is 3.37. The maximum absolute atomic E-state index is 10.5. The highest BCUT2D eigenvalue weighted by Gasteiger charge is 2.00. The van der Waals surface area contributed by atoms with E-state index in [0.717, 1.165) is 38.9 Å². The molecule has 0 saturated heterocycles. The van der Waals surface area contributed by atoms with Crippen LogP contribution in [0.5, 0.6) is 0 Å². The van der Waals surface area contributed by atoms with Gasteiger partial charge in [0.05, 0.1) is 0 Å². The molecule has 0 rings (SSSR count). The molecule has 78 valence electrons. The first-order valence-corrected chi connectivity index (χ1v) is 4.83. The lowest BCUT2D eigenvalue weighted by molar-refractivity contribution is -0.118. The highest BCUT2D eigenvalue weighted by molar-refractivity contribution is 5.73. The highest BCUT2D eigenvalue weighted by atomic mass is 16.1. The SMILES string of the molecule is CN(CCCCCN)CCC(N)=O. The third-order valence-corrected chi connectivity index (χ3v) is 1.98. The highest BCUT2D eigenvalue weighted by Crippen LogP contribution is 1.96. The van der Waals surface area contributed by atoms with Gasteiger partial charge in [0.15, 0.2) is 0 Å². The van der Waals surface area contributed by atoms with Crippen molar-refractivity contribution >= 4 is 5.91 Å². The summed E-state index contributed by atoms with van der Waals surface area (Å²) >= 11 is 0. The van der Waals surface area contributed by atoms with Crippen molar-refractivity contribution in [1.82, 2.24) is 4.90 Å². The minimum atomic E-state index is -0.228. The Morgan fingerprint density at radius 1 is 1.23 bits per heavy atom. The van der Waals surface area contributed by atoms with Gasteiger partial charge in [-0.25, -0.2) is 0 Å². The number of nitrogens with zero attached hydrogens (tertiary/aromatic N) is 1. The van der Waals surface area contributed by atoms with E-state index < -0.39 is 0 Å². The Morgan fingerprint density at radius 3 is 2.46 bits per heavy atom. The molecular weight excluding hydrogens is 166 g/mol. The van der Waals surface area contributed by atoms with Crippen LogP contribution in [0.2, 0.25) is 0 Å². The molecule has 0 aromatic heterocycles. The molecule has 0 aliphatic heterocycles. The quantitative estimate of drug-likeness (QED) is 0.522. The fourth-order valence-corrected chi connectivity index (χ4v) is 1.12. The van der Waals surface area contributed by atoms with E-state index in [4.69, 9.17) is 11.5 Å². The van der Waals surface area contributed by atoms with Crippen molar-refractivity contribution in [3.8, 4) is 0 Å². The second kappa shape index (κ2) is 8.01. The topological polar surface area (TPSA) is 72.3 Å². The standard InChI is InChI=1S/C9H21N3O/c1-12(8-5-9(11)13)7-4-2-3-6-10/h2-8,10H2,1H3,(H2,11,13). The fourth-order valence-electron chi connectivity index (χ4n) is 1.12. The van der Waals surface area contributed by atoms with Crippen molar-refractivity contribution in [3.63, 3.8) is 0 Å². The molecule has 0 aromatic rings. The van der Waals surface area contributed by atoms with Crippen LogP contribution in [0.25, 0.3) is 0 Å². The normalized spacial score (nSPS) is 10.7. The molecule has 0 spiro atoms. The van der Waals surface area contributed by atoms with Crippen molar-refractivity contribution in [2.24, 2.45) is 11.5 Å². The lowest BCUT2D eigenvalue weighted by Gasteiger charge is -2.14. The van der Waals surface area contributed by atoms with Gasteiger partial charge in [0, 0.05) is 13.0 Å². The molecule has 1 amide bonds. The average molecular weight is 187 g/mol. The Bertz CT molecular complexity index is 139. The van der Waals surface area contributed by atoms with Crippen LogP contribution in [0.15, 0.2) is 0 Å². The molecule has 4 N–H and O–H groups in total. The van der Waals surface area contributed by atoms with E-state index in [1.807, 2.05) is 7.05 Å². The number of carbonyl (C=O) groups is 1. The molecule has 0 bridgehead atoms. The maximum Gasteiger partial charge on any atom is 0.218 e. The Hall–Kier alpha value is -0.610. The van der Waals surface area contributed by atoms with E-state index >= 15 is 0 Å². The minimum absolute atomic E-state index is 0.228. The summed E-state index contributed by atoms with van der Waals surface area (Å²) in [7, 11) is 2.01. The number of hydrogen-bond acceptors (Lipinski definition) is 3. The van der Waals surface area contributed by atoms with Gasteiger partial charge in [0.25, 0.3) is 0 Å². The zero-order valence-electron chi connectivity index (χ0n) is 8.46. The summed E-state index contributed by atoms with van der Waals surface area (Å²) in [4.78, 5) is 12.6. The average Bonchev–Trinajstić information content (AvgIpc) is 2.09. The molecule has 0 heterocycles. The molecule has 0 saturated carbocycles. The molecule has 0 unspecified atom stereocenters. The number of rotatable bonds is 8. The predicted octanol–water partition coefficient (Wildman–Crippen LogP) is -0.0774. The van der Waals surface area contributed by atoms with Gasteiger partial charge in [-0.1, -0.05) is 6.42 Å². The molecular formula is C9H21N3O. The summed E-state index contributed by atoms with van der Waals surface area (Å²) in [6.45, 7) is 2.55. The first-order chi connectivity index (χ1) is 6.16. The number of nitrogens with two attached hydrogens (primary N) is 2. The van der Waals surface area contributed by atoms with E-state index in [-0.39, 0.29) is 5.91 Å². The lowest BCUT2D eigenvalue weighted by Crippen LogP contribution is -2.25. The third kappa shape index (κ3) is 9.30. The first kappa shape index (κ1) is 12.4. The predicted molar refractivity (Wildman–Crippen MR) is 54.2 cm³/mol. The van der Waals surface area contributed by atoms with E-state index in [2.05, 4.69) is 4.90 Å². The van der Waals surface area contributed by atoms with Gasteiger partial charge < -0.3 is 16.4 Å². The number of hydrogen-bond donors (Lipinski definition) is 2. The van der Waals surface area contributed by atoms with Crippen molar-refractivity contribution in [2.75, 3.05) is 26.7 Å². The van der Waals surface area contributed by atoms with E-state index in [9.17, 15) is 4.79 Å². The molecule has 0 aromatic carbocycles. The third-order valence-electron chi connectivity index (χ3n) is 1.98. The van der Waals surface area contributed by atoms with Crippen LogP contribution < -0.4 is 11.5 Å². The van der Waals surface area contributed by atoms with Crippen molar-refractivity contribution in [2.45, 2.75) is 25.7 Å². The first-order valence-electron chi connectivity index (χ1n) is 4.83. The zero-order chi connectivity index (χ0) is 10.1. The molecule has 0 fully saturated rings. The minimum Gasteiger partial charge on any atom is -0.370 e. The molecule has 13 heavy (non-hydrogen) atoms. The Morgan fingerprint density at radius 2 is 1.92 bits per heavy atom. The van der Waals surface area contributed by atoms with Crippen molar-refractivity contribution in [1.29, 1.82) is 0 Å². The van der Waals surface area contributed by atoms with E-state index in [1.54, 1.807) is 0 Å². The van der Waals surface area contributed by atoms with Crippen LogP contribution in [0.1, 0.15) is 25.7 Å². The van der Waals surface area contributed by atoms with Gasteiger partial charge in [0.2, 0.25) is 5.91 Å². The summed E-state index contributed by atoms with van der Waals surface area (Å²) in [6, 6.07) is 0. The van der Waals surface area contributed by atoms with Crippen LogP contribution >= 0.6 is 0 Å². The molecule has 4 nitrogen and oxygen atoms in total. The molecule has 0 aliphatic rings. The number of carbonyl (C=O) groups excluding carboxylic acids is 1. The van der Waals surface area contributed by atoms with Crippen LogP contribution in [-0.2, 0) is 4.79 Å². The van der Waals surface area contributed by atoms with Gasteiger partial charge in [0.1, 0.15) is 0 Å². The Labute approximate surface area is 80.3 Å². The molecule has 0 atom stereocenters. The smallest absolute Gasteiger partial charge is 0.218 e. The Balaban J connectivity index is 3.19. The van der Waals surface area contributed by atoms with Crippen LogP contribution in [-0.4, -0.2) is 37.5 Å². The van der Waals surface area contributed by atoms with Gasteiger partial charge >= 0.3 is 0 Å². The summed E-state index contributed by atoms with van der Waals surface area (Å²) in [5.74, 6) is -0.228. The Kier molecular flexibility index (Phi) is 7.63. The number of unbranched alkanes of at least 4 members (excludes halogenated alkanes) is 2. The van der Waals surface area contributed by atoms with Crippen LogP contribution in [0, 0.1) is 0 Å². The maximum atomic E-state index is 10.5. The fraction of sp³-hybridized carbons (Fsp3) is 0.889. The van der Waals surface area contributed by atoms with Crippen LogP contribution in [0.4, 0.5) is 0 Å². The van der Waals surface area contributed by atoms with Crippen molar-refractivity contribution in [3.05, 3.63) is 0 Å². The van der Waals surface area contributed by atoms with Crippen LogP contribution in [0.3, 0.4) is 0 Å². The van der Waals surface area contributed by atoms with Crippen molar-refractivity contribution < 1.29 is 4.79 Å². The van der Waals surface area contributed by atoms with Gasteiger partial charge in [-0.15, -0.1) is 0 Å². The summed E-state index contributed by atoms with van der Waals surface area (Å²) in [5, 5.41) is 0. The number of amides is 1. The summed E-state index contributed by atoms with van der Waals surface area (Å²) in [6.07, 6.45) is 3.85. The molecule has 4 heteroatoms. The van der Waals surface area contributed by atoms with E-state index in [1.165, 1.54) is 0 Å². The molecule has 0 radical (unpaired) electrons. The second-order valence-electron chi connectivity index (χ2n) is 3.37. The molecule has 0 aliphatic carbocycles. The largest absolute Gasteiger partial charge is 0.370 e. The summed E-state index contributed by atoms with van der Waals surface area (Å²) < 4.78 is 0. The number of primary amides is 1. The van der Waals surface area contributed by atoms with E-state index in [0.29, 0.717) is 6.42 Å². The lowest BCUT2D eigenvalue weighted by atomic mass is 10.2. The van der Waals surface area contributed by atoms with Gasteiger partial charge in [-0.3, -0.25) is 4.79 Å². The monoisotopic (exact) mass is 187 g/mol. The van der Waals surface area contributed by atoms with Gasteiger partial charge in [-0.2, -0.15) is 0 Å². The zero-order valence-corrected chi connectivity index (χ0v) is 8.46.